The molecule has 0 aliphatic carbocycles. The van der Waals surface area contributed by atoms with E-state index >= 15 is 0 Å². The smallest absolute Gasteiger partial charge is 0.254 e. The molecule has 1 saturated heterocycles. The molecule has 1 heterocycles. The van der Waals surface area contributed by atoms with E-state index in [0.717, 1.165) is 16.5 Å². The fourth-order valence-corrected chi connectivity index (χ4v) is 4.17. The number of fused-ring (bicyclic) bond motifs is 1. The van der Waals surface area contributed by atoms with Gasteiger partial charge in [0.1, 0.15) is 5.82 Å². The Hall–Kier alpha value is -3.33. The molecule has 2 amide bonds. The third kappa shape index (κ3) is 6.17. The second kappa shape index (κ2) is 11.2. The van der Waals surface area contributed by atoms with Crippen molar-refractivity contribution in [2.24, 2.45) is 0 Å². The molecule has 3 aromatic rings. The van der Waals surface area contributed by atoms with Crippen LogP contribution in [-0.4, -0.2) is 78.6 Å². The first kappa shape index (κ1) is 23.8. The number of rotatable bonds is 8. The molecule has 178 valence electrons. The number of benzene rings is 3. The number of nitrogens with zero attached hydrogens (tertiary/aromatic N) is 2. The molecule has 3 aromatic carbocycles. The molecule has 0 saturated carbocycles. The maximum Gasteiger partial charge on any atom is 0.254 e. The van der Waals surface area contributed by atoms with Crippen molar-refractivity contribution in [3.8, 4) is 0 Å². The van der Waals surface area contributed by atoms with Gasteiger partial charge in [0.05, 0.1) is 18.2 Å². The summed E-state index contributed by atoms with van der Waals surface area (Å²) < 4.78 is 13.7. The maximum atomic E-state index is 13.7. The first-order valence-electron chi connectivity index (χ1n) is 11.4. The molecule has 1 aliphatic heterocycles. The highest BCUT2D eigenvalue weighted by Gasteiger charge is 2.21. The molecule has 34 heavy (non-hydrogen) atoms. The molecule has 1 unspecified atom stereocenters. The number of carbonyl (C=O) groups excluding carboxylic acids is 2. The number of aliphatic hydroxyl groups is 1. The van der Waals surface area contributed by atoms with Gasteiger partial charge in [0.25, 0.3) is 5.91 Å². The Balaban J connectivity index is 1.18. The van der Waals surface area contributed by atoms with Crippen LogP contribution in [-0.2, 0) is 4.79 Å². The van der Waals surface area contributed by atoms with E-state index in [1.54, 1.807) is 6.07 Å². The number of carbonyl (C=O) groups is 2. The Morgan fingerprint density at radius 2 is 1.59 bits per heavy atom. The van der Waals surface area contributed by atoms with Gasteiger partial charge in [-0.15, -0.1) is 0 Å². The largest absolute Gasteiger partial charge is 0.390 e. The predicted octanol–water partition coefficient (Wildman–Crippen LogP) is 2.33. The van der Waals surface area contributed by atoms with Crippen molar-refractivity contribution < 1.29 is 19.1 Å². The molecule has 0 aromatic heterocycles. The Labute approximate surface area is 198 Å². The zero-order valence-electron chi connectivity index (χ0n) is 18.9. The summed E-state index contributed by atoms with van der Waals surface area (Å²) in [6.45, 7) is 3.57. The second-order valence-corrected chi connectivity index (χ2v) is 8.50. The molecule has 3 N–H and O–H groups in total. The van der Waals surface area contributed by atoms with Gasteiger partial charge in [-0.2, -0.15) is 0 Å². The Morgan fingerprint density at radius 3 is 2.38 bits per heavy atom. The van der Waals surface area contributed by atoms with E-state index in [0.29, 0.717) is 39.3 Å². The van der Waals surface area contributed by atoms with E-state index in [2.05, 4.69) is 20.4 Å². The van der Waals surface area contributed by atoms with Crippen LogP contribution < -0.4 is 10.6 Å². The average Bonchev–Trinajstić information content (AvgIpc) is 2.84. The zero-order valence-corrected chi connectivity index (χ0v) is 18.9. The lowest BCUT2D eigenvalue weighted by Crippen LogP contribution is -2.51. The van der Waals surface area contributed by atoms with Gasteiger partial charge in [0, 0.05) is 50.3 Å². The highest BCUT2D eigenvalue weighted by atomic mass is 19.1. The highest BCUT2D eigenvalue weighted by Crippen LogP contribution is 2.22. The van der Waals surface area contributed by atoms with Crippen molar-refractivity contribution in [2.75, 3.05) is 51.1 Å². The van der Waals surface area contributed by atoms with E-state index in [1.165, 1.54) is 18.2 Å². The number of nitrogens with one attached hydrogen (secondary N) is 2. The Bertz CT molecular complexity index is 1140. The number of amides is 2. The van der Waals surface area contributed by atoms with E-state index in [1.807, 2.05) is 42.5 Å². The highest BCUT2D eigenvalue weighted by molar-refractivity contribution is 6.02. The molecule has 4 rings (SSSR count). The Kier molecular flexibility index (Phi) is 7.84. The predicted molar refractivity (Wildman–Crippen MR) is 130 cm³/mol. The van der Waals surface area contributed by atoms with Crippen LogP contribution >= 0.6 is 0 Å². The number of anilines is 1. The van der Waals surface area contributed by atoms with Crippen LogP contribution in [0.5, 0.6) is 0 Å². The molecular weight excluding hydrogens is 435 g/mol. The van der Waals surface area contributed by atoms with Crippen molar-refractivity contribution >= 4 is 28.3 Å². The molecule has 1 atom stereocenters. The number of hydrogen-bond donors (Lipinski definition) is 3. The summed E-state index contributed by atoms with van der Waals surface area (Å²) in [5.41, 5.74) is 0.771. The van der Waals surface area contributed by atoms with Crippen molar-refractivity contribution in [1.29, 1.82) is 0 Å². The molecule has 0 spiro atoms. The summed E-state index contributed by atoms with van der Waals surface area (Å²) in [6.07, 6.45) is -0.767. The fourth-order valence-electron chi connectivity index (χ4n) is 4.17. The molecule has 7 nitrogen and oxygen atoms in total. The number of β-amino-alcohol motifs (C(OH)–C–C–N with tert-alkyl or cyclic N) is 1. The van der Waals surface area contributed by atoms with Crippen LogP contribution in [0.1, 0.15) is 10.4 Å². The average molecular weight is 465 g/mol. The maximum absolute atomic E-state index is 13.7. The molecular formula is C26H29FN4O3. The van der Waals surface area contributed by atoms with Gasteiger partial charge in [-0.25, -0.2) is 4.39 Å². The van der Waals surface area contributed by atoms with Gasteiger partial charge in [-0.1, -0.05) is 48.5 Å². The summed E-state index contributed by atoms with van der Waals surface area (Å²) in [4.78, 5) is 28.9. The minimum atomic E-state index is -0.767. The van der Waals surface area contributed by atoms with E-state index in [4.69, 9.17) is 0 Å². The van der Waals surface area contributed by atoms with Crippen LogP contribution in [0.15, 0.2) is 66.7 Å². The molecule has 1 fully saturated rings. The summed E-state index contributed by atoms with van der Waals surface area (Å²) in [5, 5.41) is 18.0. The topological polar surface area (TPSA) is 84.9 Å². The molecule has 0 radical (unpaired) electrons. The van der Waals surface area contributed by atoms with Crippen LogP contribution in [0.25, 0.3) is 10.8 Å². The summed E-state index contributed by atoms with van der Waals surface area (Å²) in [5.74, 6) is -1.19. The summed E-state index contributed by atoms with van der Waals surface area (Å²) in [6, 6.07) is 19.6. The lowest BCUT2D eigenvalue weighted by Gasteiger charge is -2.35. The third-order valence-electron chi connectivity index (χ3n) is 5.98. The quantitative estimate of drug-likeness (QED) is 0.477. The Morgan fingerprint density at radius 1 is 0.912 bits per heavy atom. The van der Waals surface area contributed by atoms with Crippen molar-refractivity contribution in [3.05, 3.63) is 78.1 Å². The minimum Gasteiger partial charge on any atom is -0.390 e. The molecule has 1 aliphatic rings. The molecule has 8 heteroatoms. The number of hydrogen-bond acceptors (Lipinski definition) is 5. The van der Waals surface area contributed by atoms with Gasteiger partial charge in [-0.05, 0) is 23.6 Å². The number of piperazine rings is 1. The van der Waals surface area contributed by atoms with Gasteiger partial charge < -0.3 is 15.7 Å². The van der Waals surface area contributed by atoms with Crippen molar-refractivity contribution in [3.63, 3.8) is 0 Å². The van der Waals surface area contributed by atoms with Crippen molar-refractivity contribution in [2.45, 2.75) is 6.10 Å². The van der Waals surface area contributed by atoms with Gasteiger partial charge in [0.2, 0.25) is 5.91 Å². The third-order valence-corrected chi connectivity index (χ3v) is 5.98. The normalized spacial score (nSPS) is 15.7. The van der Waals surface area contributed by atoms with Crippen LogP contribution in [0.3, 0.4) is 0 Å². The van der Waals surface area contributed by atoms with Crippen molar-refractivity contribution in [1.82, 2.24) is 15.1 Å². The zero-order chi connectivity index (χ0) is 23.9. The minimum absolute atomic E-state index is 0.0370. The monoisotopic (exact) mass is 464 g/mol. The molecule has 0 bridgehead atoms. The first-order chi connectivity index (χ1) is 16.5. The first-order valence-corrected chi connectivity index (χ1v) is 11.4. The van der Waals surface area contributed by atoms with E-state index < -0.39 is 17.8 Å². The van der Waals surface area contributed by atoms with Gasteiger partial charge in [0.15, 0.2) is 0 Å². The van der Waals surface area contributed by atoms with Gasteiger partial charge >= 0.3 is 0 Å². The SMILES string of the molecule is O=C(CN1CCN(CC(O)CNC(=O)c2ccccc2F)CC1)Nc1cccc2ccccc12. The van der Waals surface area contributed by atoms with Crippen LogP contribution in [0, 0.1) is 5.82 Å². The summed E-state index contributed by atoms with van der Waals surface area (Å²) >= 11 is 0. The second-order valence-electron chi connectivity index (χ2n) is 8.50. The number of halogens is 1. The van der Waals surface area contributed by atoms with Gasteiger partial charge in [-0.3, -0.25) is 19.4 Å². The van der Waals surface area contributed by atoms with Crippen LogP contribution in [0.2, 0.25) is 0 Å². The standard InChI is InChI=1S/C26H29FN4O3/c27-23-10-4-3-9-22(23)26(34)28-16-20(32)17-30-12-14-31(15-13-30)18-25(33)29-24-11-5-7-19-6-1-2-8-21(19)24/h1-11,20,32H,12-18H2,(H,28,34)(H,29,33). The summed E-state index contributed by atoms with van der Waals surface area (Å²) in [7, 11) is 0. The van der Waals surface area contributed by atoms with E-state index in [9.17, 15) is 19.1 Å². The van der Waals surface area contributed by atoms with E-state index in [-0.39, 0.29) is 18.0 Å². The fraction of sp³-hybridized carbons (Fsp3) is 0.308. The van der Waals surface area contributed by atoms with Crippen LogP contribution in [0.4, 0.5) is 10.1 Å². The lowest BCUT2D eigenvalue weighted by atomic mass is 10.1. The number of aliphatic hydroxyl groups excluding tert-OH is 1. The lowest BCUT2D eigenvalue weighted by molar-refractivity contribution is -0.117.